The van der Waals surface area contributed by atoms with Crippen LogP contribution in [0.25, 0.3) is 0 Å². The molecule has 2 atom stereocenters. The lowest BCUT2D eigenvalue weighted by Crippen LogP contribution is -2.56. The molecule has 1 aromatic rings. The molecule has 1 amide bonds. The van der Waals surface area contributed by atoms with Crippen LogP contribution in [-0.2, 0) is 4.79 Å². The molecule has 2 heteroatoms. The first-order chi connectivity index (χ1) is 12.1. The van der Waals surface area contributed by atoms with E-state index in [-0.39, 0.29) is 11.8 Å². The SMILES string of the molecule is CCC[C@@H](C(=O)N[C@H](C)C12CC3CC(CC(C3)C1)C2)c1ccccc1. The molecule has 2 nitrogen and oxygen atoms in total. The fourth-order valence-corrected chi connectivity index (χ4v) is 6.60. The number of carbonyl (C=O) groups excluding carboxylic acids is 1. The molecule has 5 rings (SSSR count). The highest BCUT2D eigenvalue weighted by Gasteiger charge is 2.53. The van der Waals surface area contributed by atoms with Crippen LogP contribution in [0.15, 0.2) is 30.3 Å². The Hall–Kier alpha value is -1.31. The van der Waals surface area contributed by atoms with Gasteiger partial charge in [0, 0.05) is 6.04 Å². The Kier molecular flexibility index (Phi) is 4.64. The molecule has 25 heavy (non-hydrogen) atoms. The van der Waals surface area contributed by atoms with Gasteiger partial charge in [0.1, 0.15) is 0 Å². The molecule has 4 bridgehead atoms. The molecule has 4 saturated carbocycles. The molecular weight excluding hydrogens is 306 g/mol. The van der Waals surface area contributed by atoms with E-state index in [2.05, 4.69) is 31.3 Å². The Bertz CT molecular complexity index is 572. The predicted octanol–water partition coefficient (Wildman–Crippen LogP) is 5.29. The van der Waals surface area contributed by atoms with Crippen molar-refractivity contribution in [2.24, 2.45) is 23.2 Å². The second-order valence-corrected chi connectivity index (χ2v) is 9.26. The number of benzene rings is 1. The first kappa shape index (κ1) is 17.1. The van der Waals surface area contributed by atoms with E-state index in [1.54, 1.807) is 0 Å². The monoisotopic (exact) mass is 339 g/mol. The molecule has 1 aromatic carbocycles. The smallest absolute Gasteiger partial charge is 0.227 e. The summed E-state index contributed by atoms with van der Waals surface area (Å²) < 4.78 is 0. The number of nitrogens with one attached hydrogen (secondary N) is 1. The highest BCUT2D eigenvalue weighted by molar-refractivity contribution is 5.83. The molecule has 0 heterocycles. The maximum atomic E-state index is 13.1. The summed E-state index contributed by atoms with van der Waals surface area (Å²) >= 11 is 0. The third-order valence-electron chi connectivity index (χ3n) is 7.46. The molecule has 0 aliphatic heterocycles. The van der Waals surface area contributed by atoms with E-state index in [9.17, 15) is 4.79 Å². The van der Waals surface area contributed by atoms with Gasteiger partial charge in [-0.05, 0) is 80.6 Å². The van der Waals surface area contributed by atoms with E-state index in [4.69, 9.17) is 0 Å². The van der Waals surface area contributed by atoms with Crippen LogP contribution in [0.3, 0.4) is 0 Å². The average molecular weight is 340 g/mol. The molecule has 0 spiro atoms. The van der Waals surface area contributed by atoms with Crippen LogP contribution in [-0.4, -0.2) is 11.9 Å². The van der Waals surface area contributed by atoms with Crippen LogP contribution in [0.4, 0.5) is 0 Å². The highest BCUT2D eigenvalue weighted by Crippen LogP contribution is 2.61. The molecule has 4 aliphatic carbocycles. The lowest BCUT2D eigenvalue weighted by atomic mass is 9.48. The quantitative estimate of drug-likeness (QED) is 0.749. The average Bonchev–Trinajstić information content (AvgIpc) is 2.59. The predicted molar refractivity (Wildman–Crippen MR) is 102 cm³/mol. The van der Waals surface area contributed by atoms with Crippen LogP contribution in [0, 0.1) is 23.2 Å². The Labute approximate surface area is 152 Å². The molecular formula is C23H33NO. The standard InChI is InChI=1S/C23H33NO/c1-3-7-21(20-8-5-4-6-9-20)22(25)24-16(2)23-13-17-10-18(14-23)12-19(11-17)15-23/h4-6,8-9,16-19,21H,3,7,10-15H2,1-2H3,(H,24,25)/t16-,17?,18?,19?,21-,23?/m1/s1. The van der Waals surface area contributed by atoms with E-state index >= 15 is 0 Å². The van der Waals surface area contributed by atoms with Gasteiger partial charge in [0.2, 0.25) is 5.91 Å². The molecule has 1 N–H and O–H groups in total. The van der Waals surface area contributed by atoms with Crippen LogP contribution < -0.4 is 5.32 Å². The summed E-state index contributed by atoms with van der Waals surface area (Å²) in [6, 6.07) is 10.7. The highest BCUT2D eigenvalue weighted by atomic mass is 16.1. The van der Waals surface area contributed by atoms with Gasteiger partial charge in [0.25, 0.3) is 0 Å². The Balaban J connectivity index is 1.48. The van der Waals surface area contributed by atoms with Crippen molar-refractivity contribution in [3.05, 3.63) is 35.9 Å². The van der Waals surface area contributed by atoms with Crippen LogP contribution in [0.1, 0.15) is 76.7 Å². The molecule has 0 aromatic heterocycles. The Morgan fingerprint density at radius 3 is 2.16 bits per heavy atom. The van der Waals surface area contributed by atoms with Crippen molar-refractivity contribution < 1.29 is 4.79 Å². The summed E-state index contributed by atoms with van der Waals surface area (Å²) in [5, 5.41) is 3.48. The van der Waals surface area contributed by atoms with Crippen molar-refractivity contribution in [1.29, 1.82) is 0 Å². The number of hydrogen-bond donors (Lipinski definition) is 1. The summed E-state index contributed by atoms with van der Waals surface area (Å²) in [6.45, 7) is 4.46. The maximum absolute atomic E-state index is 13.1. The normalized spacial score (nSPS) is 35.4. The summed E-state index contributed by atoms with van der Waals surface area (Å²) in [6.07, 6.45) is 10.4. The zero-order valence-electron chi connectivity index (χ0n) is 15.8. The van der Waals surface area contributed by atoms with Gasteiger partial charge >= 0.3 is 0 Å². The van der Waals surface area contributed by atoms with Gasteiger partial charge in [-0.25, -0.2) is 0 Å². The second kappa shape index (κ2) is 6.78. The summed E-state index contributed by atoms with van der Waals surface area (Å²) in [5.74, 6) is 3.06. The molecule has 0 unspecified atom stereocenters. The van der Waals surface area contributed by atoms with E-state index < -0.39 is 0 Å². The third-order valence-corrected chi connectivity index (χ3v) is 7.46. The Morgan fingerprint density at radius 1 is 1.08 bits per heavy atom. The van der Waals surface area contributed by atoms with Gasteiger partial charge in [-0.15, -0.1) is 0 Å². The zero-order valence-corrected chi connectivity index (χ0v) is 15.8. The van der Waals surface area contributed by atoms with E-state index in [0.29, 0.717) is 11.5 Å². The molecule has 0 radical (unpaired) electrons. The topological polar surface area (TPSA) is 29.1 Å². The van der Waals surface area contributed by atoms with Gasteiger partial charge in [0.15, 0.2) is 0 Å². The summed E-state index contributed by atoms with van der Waals surface area (Å²) in [5.41, 5.74) is 1.55. The van der Waals surface area contributed by atoms with E-state index in [0.717, 1.165) is 30.6 Å². The zero-order chi connectivity index (χ0) is 17.4. The van der Waals surface area contributed by atoms with E-state index in [1.807, 2.05) is 18.2 Å². The maximum Gasteiger partial charge on any atom is 0.227 e. The van der Waals surface area contributed by atoms with Gasteiger partial charge in [-0.2, -0.15) is 0 Å². The van der Waals surface area contributed by atoms with Crippen LogP contribution in [0.2, 0.25) is 0 Å². The fourth-order valence-electron chi connectivity index (χ4n) is 6.60. The minimum atomic E-state index is 0.00237. The Morgan fingerprint density at radius 2 is 1.64 bits per heavy atom. The van der Waals surface area contributed by atoms with Crippen molar-refractivity contribution in [1.82, 2.24) is 5.32 Å². The van der Waals surface area contributed by atoms with Crippen LogP contribution >= 0.6 is 0 Å². The number of hydrogen-bond acceptors (Lipinski definition) is 1. The minimum Gasteiger partial charge on any atom is -0.353 e. The fraction of sp³-hybridized carbons (Fsp3) is 0.696. The molecule has 4 aliphatic rings. The number of carbonyl (C=O) groups is 1. The molecule has 4 fully saturated rings. The summed E-state index contributed by atoms with van der Waals surface area (Å²) in [7, 11) is 0. The largest absolute Gasteiger partial charge is 0.353 e. The van der Waals surface area contributed by atoms with Gasteiger partial charge < -0.3 is 5.32 Å². The number of rotatable bonds is 6. The first-order valence-corrected chi connectivity index (χ1v) is 10.4. The second-order valence-electron chi connectivity index (χ2n) is 9.26. The lowest BCUT2D eigenvalue weighted by Gasteiger charge is -2.59. The first-order valence-electron chi connectivity index (χ1n) is 10.4. The molecule has 136 valence electrons. The lowest BCUT2D eigenvalue weighted by molar-refractivity contribution is -0.127. The van der Waals surface area contributed by atoms with Gasteiger partial charge in [-0.3, -0.25) is 4.79 Å². The van der Waals surface area contributed by atoms with Crippen molar-refractivity contribution in [3.8, 4) is 0 Å². The minimum absolute atomic E-state index is 0.00237. The van der Waals surface area contributed by atoms with Crippen molar-refractivity contribution in [2.75, 3.05) is 0 Å². The van der Waals surface area contributed by atoms with Crippen LogP contribution in [0.5, 0.6) is 0 Å². The van der Waals surface area contributed by atoms with Crippen molar-refractivity contribution >= 4 is 5.91 Å². The number of amides is 1. The third kappa shape index (κ3) is 3.25. The van der Waals surface area contributed by atoms with Gasteiger partial charge in [0.05, 0.1) is 5.92 Å². The summed E-state index contributed by atoms with van der Waals surface area (Å²) in [4.78, 5) is 13.1. The van der Waals surface area contributed by atoms with Crippen molar-refractivity contribution in [2.45, 2.75) is 77.2 Å². The van der Waals surface area contributed by atoms with E-state index in [1.165, 1.54) is 44.1 Å². The molecule has 0 saturated heterocycles. The van der Waals surface area contributed by atoms with Crippen molar-refractivity contribution in [3.63, 3.8) is 0 Å². The van der Waals surface area contributed by atoms with Gasteiger partial charge in [-0.1, -0.05) is 43.7 Å².